The van der Waals surface area contributed by atoms with Gasteiger partial charge in [0.1, 0.15) is 17.8 Å². The monoisotopic (exact) mass is 220 g/mol. The molecular weight excluding hydrogens is 208 g/mol. The van der Waals surface area contributed by atoms with Crippen LogP contribution in [-0.4, -0.2) is 19.4 Å². The summed E-state index contributed by atoms with van der Waals surface area (Å²) in [5.41, 5.74) is 7.17. The molecule has 2 aromatic rings. The van der Waals surface area contributed by atoms with E-state index in [0.717, 1.165) is 11.3 Å². The summed E-state index contributed by atoms with van der Waals surface area (Å²) in [6.07, 6.45) is 1.48. The smallest absolute Gasteiger partial charge is 0.174 e. The maximum atomic E-state index is 5.69. The molecular formula is C11H12N2O3. The number of ether oxygens (including phenoxy) is 2. The number of nitrogens with two attached hydrogens (primary N) is 1. The Hall–Kier alpha value is -2.17. The highest BCUT2D eigenvalue weighted by atomic mass is 16.5. The number of nitrogens with zero attached hydrogens (tertiary/aromatic N) is 1. The molecule has 0 atom stereocenters. The number of nitrogen functional groups attached to an aromatic ring is 1. The van der Waals surface area contributed by atoms with Crippen LogP contribution in [0.5, 0.6) is 11.5 Å². The van der Waals surface area contributed by atoms with Gasteiger partial charge in [0.15, 0.2) is 5.82 Å². The highest BCUT2D eigenvalue weighted by molar-refractivity contribution is 5.78. The molecule has 0 radical (unpaired) electrons. The number of aromatic nitrogens is 1. The SMILES string of the molecule is COc1ccc(OC)c(-c2conc2N)c1. The summed E-state index contributed by atoms with van der Waals surface area (Å²) >= 11 is 0. The van der Waals surface area contributed by atoms with Gasteiger partial charge in [-0.25, -0.2) is 0 Å². The van der Waals surface area contributed by atoms with Crippen LogP contribution in [-0.2, 0) is 0 Å². The van der Waals surface area contributed by atoms with E-state index in [4.69, 9.17) is 19.7 Å². The molecule has 0 bridgehead atoms. The van der Waals surface area contributed by atoms with Crippen LogP contribution in [0.2, 0.25) is 0 Å². The minimum atomic E-state index is 0.326. The molecule has 0 aliphatic heterocycles. The lowest BCUT2D eigenvalue weighted by Crippen LogP contribution is -1.92. The van der Waals surface area contributed by atoms with Crippen molar-refractivity contribution < 1.29 is 14.0 Å². The quantitative estimate of drug-likeness (QED) is 0.855. The Bertz CT molecular complexity index is 494. The van der Waals surface area contributed by atoms with E-state index in [1.807, 2.05) is 12.1 Å². The zero-order chi connectivity index (χ0) is 11.5. The molecule has 0 fully saturated rings. The molecule has 5 heteroatoms. The van der Waals surface area contributed by atoms with E-state index in [1.165, 1.54) is 6.26 Å². The van der Waals surface area contributed by atoms with Gasteiger partial charge in [0.2, 0.25) is 0 Å². The standard InChI is InChI=1S/C11H12N2O3/c1-14-7-3-4-10(15-2)8(5-7)9-6-16-13-11(9)12/h3-6H,1-2H3,(H2,12,13). The van der Waals surface area contributed by atoms with Gasteiger partial charge in [0.25, 0.3) is 0 Å². The molecule has 16 heavy (non-hydrogen) atoms. The fourth-order valence-corrected chi connectivity index (χ4v) is 1.47. The van der Waals surface area contributed by atoms with Gasteiger partial charge in [-0.2, -0.15) is 0 Å². The predicted octanol–water partition coefficient (Wildman–Crippen LogP) is 1.94. The third-order valence-electron chi connectivity index (χ3n) is 2.29. The average molecular weight is 220 g/mol. The predicted molar refractivity (Wildman–Crippen MR) is 59.5 cm³/mol. The van der Waals surface area contributed by atoms with Crippen molar-refractivity contribution in [2.75, 3.05) is 20.0 Å². The first-order valence-electron chi connectivity index (χ1n) is 4.68. The van der Waals surface area contributed by atoms with Crippen LogP contribution in [0.3, 0.4) is 0 Å². The maximum Gasteiger partial charge on any atom is 0.174 e. The van der Waals surface area contributed by atoms with Gasteiger partial charge < -0.3 is 19.7 Å². The molecule has 2 N–H and O–H groups in total. The number of anilines is 1. The summed E-state index contributed by atoms with van der Waals surface area (Å²) in [7, 11) is 3.19. The zero-order valence-corrected chi connectivity index (χ0v) is 9.06. The summed E-state index contributed by atoms with van der Waals surface area (Å²) in [5, 5.41) is 3.63. The second kappa shape index (κ2) is 4.14. The zero-order valence-electron chi connectivity index (χ0n) is 9.06. The van der Waals surface area contributed by atoms with Crippen LogP contribution in [0.15, 0.2) is 29.0 Å². The van der Waals surface area contributed by atoms with E-state index >= 15 is 0 Å². The summed E-state index contributed by atoms with van der Waals surface area (Å²) in [5.74, 6) is 1.73. The molecule has 0 unspecified atom stereocenters. The Morgan fingerprint density at radius 2 is 2.00 bits per heavy atom. The molecule has 0 saturated carbocycles. The van der Waals surface area contributed by atoms with Crippen molar-refractivity contribution in [1.82, 2.24) is 5.16 Å². The molecule has 5 nitrogen and oxygen atoms in total. The van der Waals surface area contributed by atoms with Gasteiger partial charge in [-0.3, -0.25) is 0 Å². The van der Waals surface area contributed by atoms with Crippen LogP contribution >= 0.6 is 0 Å². The Balaban J connectivity index is 2.57. The molecule has 1 aromatic carbocycles. The lowest BCUT2D eigenvalue weighted by atomic mass is 10.1. The Kier molecular flexibility index (Phi) is 2.68. The summed E-state index contributed by atoms with van der Waals surface area (Å²) in [6.45, 7) is 0. The molecule has 0 amide bonds. The Labute approximate surface area is 92.8 Å². The lowest BCUT2D eigenvalue weighted by Gasteiger charge is -2.08. The van der Waals surface area contributed by atoms with Gasteiger partial charge in [-0.05, 0) is 18.2 Å². The fourth-order valence-electron chi connectivity index (χ4n) is 1.47. The first-order valence-corrected chi connectivity index (χ1v) is 4.68. The van der Waals surface area contributed by atoms with E-state index in [1.54, 1.807) is 20.3 Å². The summed E-state index contributed by atoms with van der Waals surface area (Å²) in [6, 6.07) is 5.44. The number of methoxy groups -OCH3 is 2. The van der Waals surface area contributed by atoms with Crippen molar-refractivity contribution in [2.45, 2.75) is 0 Å². The van der Waals surface area contributed by atoms with E-state index < -0.39 is 0 Å². The van der Waals surface area contributed by atoms with Gasteiger partial charge in [0.05, 0.1) is 19.8 Å². The van der Waals surface area contributed by atoms with E-state index in [9.17, 15) is 0 Å². The van der Waals surface area contributed by atoms with Crippen molar-refractivity contribution in [3.05, 3.63) is 24.5 Å². The van der Waals surface area contributed by atoms with Crippen LogP contribution in [0, 0.1) is 0 Å². The van der Waals surface area contributed by atoms with Crippen molar-refractivity contribution in [3.63, 3.8) is 0 Å². The molecule has 2 rings (SSSR count). The third kappa shape index (κ3) is 1.67. The lowest BCUT2D eigenvalue weighted by molar-refractivity contribution is 0.404. The summed E-state index contributed by atoms with van der Waals surface area (Å²) in [4.78, 5) is 0. The van der Waals surface area contributed by atoms with E-state index in [-0.39, 0.29) is 0 Å². The number of benzene rings is 1. The van der Waals surface area contributed by atoms with Gasteiger partial charge >= 0.3 is 0 Å². The second-order valence-electron chi connectivity index (χ2n) is 3.18. The van der Waals surface area contributed by atoms with Crippen molar-refractivity contribution in [2.24, 2.45) is 0 Å². The number of rotatable bonds is 3. The van der Waals surface area contributed by atoms with Crippen molar-refractivity contribution >= 4 is 5.82 Å². The minimum Gasteiger partial charge on any atom is -0.497 e. The number of hydrogen-bond acceptors (Lipinski definition) is 5. The van der Waals surface area contributed by atoms with Crippen molar-refractivity contribution in [3.8, 4) is 22.6 Å². The Morgan fingerprint density at radius 1 is 1.19 bits per heavy atom. The average Bonchev–Trinajstić information content (AvgIpc) is 2.74. The molecule has 84 valence electrons. The molecule has 1 heterocycles. The maximum absolute atomic E-state index is 5.69. The molecule has 0 aliphatic rings. The normalized spacial score (nSPS) is 10.1. The number of hydrogen-bond donors (Lipinski definition) is 1. The van der Waals surface area contributed by atoms with Crippen LogP contribution in [0.4, 0.5) is 5.82 Å². The topological polar surface area (TPSA) is 70.5 Å². The second-order valence-corrected chi connectivity index (χ2v) is 3.18. The molecule has 0 spiro atoms. The first-order chi connectivity index (χ1) is 7.76. The van der Waals surface area contributed by atoms with Gasteiger partial charge in [0, 0.05) is 5.56 Å². The van der Waals surface area contributed by atoms with Gasteiger partial charge in [-0.1, -0.05) is 5.16 Å². The molecule has 0 aliphatic carbocycles. The highest BCUT2D eigenvalue weighted by Crippen LogP contribution is 2.35. The fraction of sp³-hybridized carbons (Fsp3) is 0.182. The highest BCUT2D eigenvalue weighted by Gasteiger charge is 2.13. The summed E-state index contributed by atoms with van der Waals surface area (Å²) < 4.78 is 15.2. The van der Waals surface area contributed by atoms with E-state index in [0.29, 0.717) is 17.1 Å². The molecule has 0 saturated heterocycles. The van der Waals surface area contributed by atoms with E-state index in [2.05, 4.69) is 5.16 Å². The third-order valence-corrected chi connectivity index (χ3v) is 2.29. The molecule has 1 aromatic heterocycles. The first kappa shape index (κ1) is 10.4. The largest absolute Gasteiger partial charge is 0.497 e. The van der Waals surface area contributed by atoms with Gasteiger partial charge in [-0.15, -0.1) is 0 Å². The van der Waals surface area contributed by atoms with Crippen LogP contribution in [0.25, 0.3) is 11.1 Å². The minimum absolute atomic E-state index is 0.326. The van der Waals surface area contributed by atoms with Crippen molar-refractivity contribution in [1.29, 1.82) is 0 Å². The Morgan fingerprint density at radius 3 is 2.56 bits per heavy atom. The van der Waals surface area contributed by atoms with Crippen LogP contribution in [0.1, 0.15) is 0 Å². The van der Waals surface area contributed by atoms with Crippen LogP contribution < -0.4 is 15.2 Å².